The predicted octanol–water partition coefficient (Wildman–Crippen LogP) is 1.44. The summed E-state index contributed by atoms with van der Waals surface area (Å²) in [7, 11) is 1.70. The molecule has 1 aromatic rings. The molecule has 0 saturated heterocycles. The second kappa shape index (κ2) is 6.45. The van der Waals surface area contributed by atoms with Crippen LogP contribution in [0.15, 0.2) is 18.3 Å². The third-order valence-electron chi connectivity index (χ3n) is 2.45. The number of aromatic nitrogens is 1. The number of rotatable bonds is 6. The van der Waals surface area contributed by atoms with Gasteiger partial charge in [-0.25, -0.2) is 4.98 Å². The van der Waals surface area contributed by atoms with Crippen molar-refractivity contribution in [3.63, 3.8) is 0 Å². The van der Waals surface area contributed by atoms with Crippen LogP contribution < -0.4 is 4.90 Å². The van der Waals surface area contributed by atoms with Gasteiger partial charge in [-0.2, -0.15) is 0 Å². The first-order chi connectivity index (χ1) is 7.69. The zero-order valence-corrected chi connectivity index (χ0v) is 10.2. The second-order valence-corrected chi connectivity index (χ2v) is 3.96. The van der Waals surface area contributed by atoms with E-state index in [0.717, 1.165) is 17.9 Å². The van der Waals surface area contributed by atoms with Crippen molar-refractivity contribution in [2.45, 2.75) is 26.5 Å². The monoisotopic (exact) mass is 224 g/mol. The number of hydrogen-bond acceptors (Lipinski definition) is 4. The Balaban J connectivity index is 2.75. The Labute approximate surface area is 96.9 Å². The van der Waals surface area contributed by atoms with Gasteiger partial charge in [0.15, 0.2) is 0 Å². The topological polar surface area (TPSA) is 45.6 Å². The van der Waals surface area contributed by atoms with E-state index in [1.807, 2.05) is 12.1 Å². The van der Waals surface area contributed by atoms with Crippen molar-refractivity contribution < 1.29 is 9.84 Å². The molecule has 1 aromatic heterocycles. The summed E-state index contributed by atoms with van der Waals surface area (Å²) in [6.45, 7) is 5.78. The highest BCUT2D eigenvalue weighted by Gasteiger charge is 2.11. The standard InChI is InChI=1S/C12H20N2O2/c1-10(2)14(6-7-16-3)12-5-4-11(9-15)8-13-12/h4-5,8,10,15H,6-7,9H2,1-3H3. The van der Waals surface area contributed by atoms with Crippen molar-refractivity contribution in [3.8, 4) is 0 Å². The van der Waals surface area contributed by atoms with Gasteiger partial charge < -0.3 is 14.7 Å². The van der Waals surface area contributed by atoms with Crippen LogP contribution in [0.1, 0.15) is 19.4 Å². The van der Waals surface area contributed by atoms with Crippen molar-refractivity contribution in [3.05, 3.63) is 23.9 Å². The Morgan fingerprint density at radius 3 is 2.62 bits per heavy atom. The molecule has 0 fully saturated rings. The molecule has 0 amide bonds. The van der Waals surface area contributed by atoms with Gasteiger partial charge in [-0.15, -0.1) is 0 Å². The molecule has 90 valence electrons. The van der Waals surface area contributed by atoms with Crippen LogP contribution in [0.25, 0.3) is 0 Å². The fraction of sp³-hybridized carbons (Fsp3) is 0.583. The SMILES string of the molecule is COCCN(c1ccc(CO)cn1)C(C)C. The molecule has 4 heteroatoms. The van der Waals surface area contributed by atoms with E-state index in [4.69, 9.17) is 9.84 Å². The molecule has 1 heterocycles. The minimum atomic E-state index is 0.0348. The summed E-state index contributed by atoms with van der Waals surface area (Å²) in [5.74, 6) is 0.921. The third kappa shape index (κ3) is 3.47. The fourth-order valence-electron chi connectivity index (χ4n) is 1.51. The predicted molar refractivity (Wildman–Crippen MR) is 64.5 cm³/mol. The summed E-state index contributed by atoms with van der Waals surface area (Å²) in [4.78, 5) is 6.51. The lowest BCUT2D eigenvalue weighted by molar-refractivity contribution is 0.203. The molecule has 16 heavy (non-hydrogen) atoms. The molecule has 0 aliphatic rings. The number of methoxy groups -OCH3 is 1. The summed E-state index contributed by atoms with van der Waals surface area (Å²) >= 11 is 0. The summed E-state index contributed by atoms with van der Waals surface area (Å²) in [6.07, 6.45) is 1.71. The first-order valence-corrected chi connectivity index (χ1v) is 5.50. The normalized spacial score (nSPS) is 10.8. The maximum absolute atomic E-state index is 8.94. The number of aliphatic hydroxyl groups is 1. The van der Waals surface area contributed by atoms with E-state index < -0.39 is 0 Å². The van der Waals surface area contributed by atoms with E-state index in [0.29, 0.717) is 12.6 Å². The average molecular weight is 224 g/mol. The van der Waals surface area contributed by atoms with E-state index in [1.165, 1.54) is 0 Å². The molecule has 0 aromatic carbocycles. The smallest absolute Gasteiger partial charge is 0.128 e. The van der Waals surface area contributed by atoms with Crippen molar-refractivity contribution in [1.82, 2.24) is 4.98 Å². The first kappa shape index (κ1) is 12.9. The largest absolute Gasteiger partial charge is 0.392 e. The molecule has 0 bridgehead atoms. The number of aliphatic hydroxyl groups excluding tert-OH is 1. The van der Waals surface area contributed by atoms with Crippen LogP contribution in [0.5, 0.6) is 0 Å². The highest BCUT2D eigenvalue weighted by Crippen LogP contribution is 2.14. The van der Waals surface area contributed by atoms with Crippen molar-refractivity contribution in [1.29, 1.82) is 0 Å². The van der Waals surface area contributed by atoms with Gasteiger partial charge in [-0.05, 0) is 25.5 Å². The lowest BCUT2D eigenvalue weighted by Crippen LogP contribution is -2.34. The molecule has 0 saturated carbocycles. The number of ether oxygens (including phenoxy) is 1. The van der Waals surface area contributed by atoms with Crippen molar-refractivity contribution >= 4 is 5.82 Å². The minimum Gasteiger partial charge on any atom is -0.392 e. The van der Waals surface area contributed by atoms with Gasteiger partial charge in [-0.3, -0.25) is 0 Å². The lowest BCUT2D eigenvalue weighted by atomic mass is 10.2. The Bertz CT molecular complexity index is 298. The van der Waals surface area contributed by atoms with Crippen LogP contribution in [-0.2, 0) is 11.3 Å². The van der Waals surface area contributed by atoms with Crippen LogP contribution in [-0.4, -0.2) is 36.4 Å². The van der Waals surface area contributed by atoms with Crippen LogP contribution >= 0.6 is 0 Å². The van der Waals surface area contributed by atoms with E-state index in [1.54, 1.807) is 13.3 Å². The van der Waals surface area contributed by atoms with Gasteiger partial charge in [0.1, 0.15) is 5.82 Å². The van der Waals surface area contributed by atoms with Gasteiger partial charge in [-0.1, -0.05) is 6.07 Å². The lowest BCUT2D eigenvalue weighted by Gasteiger charge is -2.27. The van der Waals surface area contributed by atoms with Gasteiger partial charge >= 0.3 is 0 Å². The number of pyridine rings is 1. The molecule has 1 N–H and O–H groups in total. The van der Waals surface area contributed by atoms with Crippen molar-refractivity contribution in [2.75, 3.05) is 25.2 Å². The Morgan fingerprint density at radius 2 is 2.19 bits per heavy atom. The van der Waals surface area contributed by atoms with Gasteiger partial charge in [0.2, 0.25) is 0 Å². The molecule has 4 nitrogen and oxygen atoms in total. The molecule has 0 radical (unpaired) electrons. The van der Waals surface area contributed by atoms with E-state index in [-0.39, 0.29) is 6.61 Å². The number of hydrogen-bond donors (Lipinski definition) is 1. The van der Waals surface area contributed by atoms with Gasteiger partial charge in [0.25, 0.3) is 0 Å². The van der Waals surface area contributed by atoms with Crippen LogP contribution in [0.2, 0.25) is 0 Å². The van der Waals surface area contributed by atoms with Gasteiger partial charge in [0, 0.05) is 25.9 Å². The van der Waals surface area contributed by atoms with Gasteiger partial charge in [0.05, 0.1) is 13.2 Å². The third-order valence-corrected chi connectivity index (χ3v) is 2.45. The number of anilines is 1. The molecule has 1 rings (SSSR count). The molecule has 0 atom stereocenters. The van der Waals surface area contributed by atoms with Crippen LogP contribution in [0.3, 0.4) is 0 Å². The number of nitrogens with zero attached hydrogens (tertiary/aromatic N) is 2. The highest BCUT2D eigenvalue weighted by molar-refractivity contribution is 5.40. The molecule has 0 unspecified atom stereocenters. The van der Waals surface area contributed by atoms with Crippen LogP contribution in [0.4, 0.5) is 5.82 Å². The summed E-state index contributed by atoms with van der Waals surface area (Å²) in [5, 5.41) is 8.94. The molecular formula is C12H20N2O2. The minimum absolute atomic E-state index is 0.0348. The zero-order valence-electron chi connectivity index (χ0n) is 10.2. The average Bonchev–Trinajstić information content (AvgIpc) is 2.30. The quantitative estimate of drug-likeness (QED) is 0.794. The van der Waals surface area contributed by atoms with E-state index in [2.05, 4.69) is 23.7 Å². The summed E-state index contributed by atoms with van der Waals surface area (Å²) < 4.78 is 5.08. The molecule has 0 aliphatic heterocycles. The maximum Gasteiger partial charge on any atom is 0.128 e. The van der Waals surface area contributed by atoms with E-state index in [9.17, 15) is 0 Å². The molecule has 0 spiro atoms. The fourth-order valence-corrected chi connectivity index (χ4v) is 1.51. The Hall–Kier alpha value is -1.13. The molecule has 0 aliphatic carbocycles. The Kier molecular flexibility index (Phi) is 5.22. The van der Waals surface area contributed by atoms with Crippen LogP contribution in [0, 0.1) is 0 Å². The molecular weight excluding hydrogens is 204 g/mol. The Morgan fingerprint density at radius 1 is 1.44 bits per heavy atom. The second-order valence-electron chi connectivity index (χ2n) is 3.96. The summed E-state index contributed by atoms with van der Waals surface area (Å²) in [5.41, 5.74) is 0.833. The summed E-state index contributed by atoms with van der Waals surface area (Å²) in [6, 6.07) is 4.20. The zero-order chi connectivity index (χ0) is 12.0. The van der Waals surface area contributed by atoms with Crippen molar-refractivity contribution in [2.24, 2.45) is 0 Å². The maximum atomic E-state index is 8.94. The van der Waals surface area contributed by atoms with E-state index >= 15 is 0 Å². The first-order valence-electron chi connectivity index (χ1n) is 5.50. The highest BCUT2D eigenvalue weighted by atomic mass is 16.5.